The van der Waals surface area contributed by atoms with Crippen molar-refractivity contribution in [1.29, 1.82) is 0 Å². The van der Waals surface area contributed by atoms with Gasteiger partial charge < -0.3 is 10.1 Å². The molecule has 32 heavy (non-hydrogen) atoms. The molecule has 0 aliphatic carbocycles. The molecule has 166 valence electrons. The highest BCUT2D eigenvalue weighted by Crippen LogP contribution is 2.12. The molecule has 1 aromatic heterocycles. The van der Waals surface area contributed by atoms with Gasteiger partial charge in [-0.3, -0.25) is 14.2 Å². The van der Waals surface area contributed by atoms with E-state index < -0.39 is 28.7 Å². The number of halogens is 2. The molecule has 1 fully saturated rings. The molecule has 1 N–H and O–H groups in total. The Hall–Kier alpha value is -3.30. The van der Waals surface area contributed by atoms with Crippen molar-refractivity contribution in [3.05, 3.63) is 91.5 Å². The van der Waals surface area contributed by atoms with Gasteiger partial charge in [0.15, 0.2) is 0 Å². The Balaban J connectivity index is 1.76. The van der Waals surface area contributed by atoms with Gasteiger partial charge in [-0.2, -0.15) is 9.78 Å². The van der Waals surface area contributed by atoms with Gasteiger partial charge in [0.05, 0.1) is 18.3 Å². The smallest absolute Gasteiger partial charge is 0.352 e. The van der Waals surface area contributed by atoms with Crippen LogP contribution in [0.15, 0.2) is 58.1 Å². The molecule has 2 heterocycles. The first-order valence-electron chi connectivity index (χ1n) is 10.1. The number of benzene rings is 2. The van der Waals surface area contributed by atoms with Crippen LogP contribution in [0.3, 0.4) is 0 Å². The fourth-order valence-electron chi connectivity index (χ4n) is 3.46. The molecule has 0 spiro atoms. The van der Waals surface area contributed by atoms with Crippen LogP contribution < -0.4 is 16.6 Å². The van der Waals surface area contributed by atoms with Gasteiger partial charge >= 0.3 is 5.69 Å². The second kappa shape index (κ2) is 9.46. The Morgan fingerprint density at radius 2 is 2.00 bits per heavy atom. The number of nitrogens with one attached hydrogen (secondary N) is 1. The fraction of sp³-hybridized carbons (Fsp3) is 0.273. The summed E-state index contributed by atoms with van der Waals surface area (Å²) in [6.07, 6.45) is 1.58. The number of carbonyl (C=O) groups is 1. The zero-order valence-corrected chi connectivity index (χ0v) is 17.7. The molecule has 3 aromatic rings. The molecule has 1 saturated heterocycles. The van der Waals surface area contributed by atoms with Crippen LogP contribution in [0.25, 0.3) is 5.69 Å². The fourth-order valence-corrected chi connectivity index (χ4v) is 3.59. The minimum absolute atomic E-state index is 0.129. The lowest BCUT2D eigenvalue weighted by molar-refractivity contribution is 0.0849. The highest BCUT2D eigenvalue weighted by Gasteiger charge is 2.22. The number of nitrogens with zero attached hydrogens (tertiary/aromatic N) is 3. The van der Waals surface area contributed by atoms with E-state index in [2.05, 4.69) is 10.4 Å². The first-order valence-corrected chi connectivity index (χ1v) is 10.4. The van der Waals surface area contributed by atoms with Crippen LogP contribution >= 0.6 is 11.6 Å². The van der Waals surface area contributed by atoms with Crippen LogP contribution in [0.1, 0.15) is 28.9 Å². The summed E-state index contributed by atoms with van der Waals surface area (Å²) in [5, 5.41) is 7.14. The van der Waals surface area contributed by atoms with Gasteiger partial charge in [-0.15, -0.1) is 0 Å². The van der Waals surface area contributed by atoms with E-state index in [0.29, 0.717) is 22.9 Å². The van der Waals surface area contributed by atoms with Gasteiger partial charge in [0.1, 0.15) is 5.82 Å². The molecule has 0 unspecified atom stereocenters. The first kappa shape index (κ1) is 21.9. The summed E-state index contributed by atoms with van der Waals surface area (Å²) in [6.45, 7) is 0.627. The highest BCUT2D eigenvalue weighted by molar-refractivity contribution is 6.30. The van der Waals surface area contributed by atoms with Crippen LogP contribution in [0.2, 0.25) is 5.02 Å². The number of hydrogen-bond donors (Lipinski definition) is 1. The summed E-state index contributed by atoms with van der Waals surface area (Å²) in [7, 11) is 0. The zero-order valence-electron chi connectivity index (χ0n) is 17.0. The molecular formula is C22H20ClFN4O4. The van der Waals surface area contributed by atoms with Crippen molar-refractivity contribution in [2.45, 2.75) is 25.5 Å². The number of rotatable bonds is 6. The highest BCUT2D eigenvalue weighted by atomic mass is 35.5. The summed E-state index contributed by atoms with van der Waals surface area (Å²) < 4.78 is 20.9. The van der Waals surface area contributed by atoms with Crippen molar-refractivity contribution in [3.63, 3.8) is 0 Å². The number of carbonyl (C=O) groups excluding carboxylic acids is 1. The van der Waals surface area contributed by atoms with E-state index >= 15 is 0 Å². The van der Waals surface area contributed by atoms with Crippen molar-refractivity contribution in [2.24, 2.45) is 0 Å². The van der Waals surface area contributed by atoms with Gasteiger partial charge in [-0.1, -0.05) is 23.7 Å². The lowest BCUT2D eigenvalue weighted by atomic mass is 10.2. The standard InChI is InChI=1S/C22H20ClFN4O4/c23-15-6-8-17(9-7-15)28-22(31)27(13-14-3-1-4-16(24)11-14)21(30)19(26-28)20(29)25-12-18-5-2-10-32-18/h1,3-4,6-9,11,18H,2,5,10,12-13H2,(H,25,29)/t18-/m0/s1. The Labute approximate surface area is 187 Å². The van der Waals surface area contributed by atoms with Crippen LogP contribution in [0.4, 0.5) is 4.39 Å². The third-order valence-corrected chi connectivity index (χ3v) is 5.34. The Bertz CT molecular complexity index is 1250. The van der Waals surface area contributed by atoms with E-state index in [1.54, 1.807) is 30.3 Å². The molecular weight excluding hydrogens is 439 g/mol. The Morgan fingerprint density at radius 3 is 2.69 bits per heavy atom. The minimum atomic E-state index is -0.866. The summed E-state index contributed by atoms with van der Waals surface area (Å²) in [4.78, 5) is 38.9. The van der Waals surface area contributed by atoms with E-state index in [0.717, 1.165) is 22.1 Å². The predicted molar refractivity (Wildman–Crippen MR) is 116 cm³/mol. The van der Waals surface area contributed by atoms with Crippen LogP contribution in [0.5, 0.6) is 0 Å². The van der Waals surface area contributed by atoms with E-state index in [4.69, 9.17) is 16.3 Å². The average Bonchev–Trinajstić information content (AvgIpc) is 3.30. The summed E-state index contributed by atoms with van der Waals surface area (Å²) in [5.41, 5.74) is -1.37. The molecule has 2 aromatic carbocycles. The molecule has 8 nitrogen and oxygen atoms in total. The Kier molecular flexibility index (Phi) is 6.48. The number of hydrogen-bond acceptors (Lipinski definition) is 5. The van der Waals surface area contributed by atoms with E-state index in [1.807, 2.05) is 0 Å². The third kappa shape index (κ3) is 4.79. The maximum atomic E-state index is 13.6. The molecule has 0 bridgehead atoms. The first-order chi connectivity index (χ1) is 15.4. The molecule has 0 radical (unpaired) electrons. The Morgan fingerprint density at radius 1 is 1.22 bits per heavy atom. The SMILES string of the molecule is O=C(NC[C@@H]1CCCO1)c1nn(-c2ccc(Cl)cc2)c(=O)n(Cc2cccc(F)c2)c1=O. The van der Waals surface area contributed by atoms with Gasteiger partial charge in [0.25, 0.3) is 11.5 Å². The lowest BCUT2D eigenvalue weighted by Gasteiger charge is -2.14. The van der Waals surface area contributed by atoms with Crippen LogP contribution in [0, 0.1) is 5.82 Å². The lowest BCUT2D eigenvalue weighted by Crippen LogP contribution is -2.46. The summed E-state index contributed by atoms with van der Waals surface area (Å²) in [5.74, 6) is -1.22. The summed E-state index contributed by atoms with van der Waals surface area (Å²) in [6, 6.07) is 11.7. The maximum absolute atomic E-state index is 13.6. The van der Waals surface area contributed by atoms with Gasteiger partial charge in [-0.05, 0) is 54.8 Å². The molecule has 10 heteroatoms. The number of aromatic nitrogens is 3. The quantitative estimate of drug-likeness (QED) is 0.610. The van der Waals surface area contributed by atoms with Gasteiger partial charge in [-0.25, -0.2) is 9.18 Å². The van der Waals surface area contributed by atoms with E-state index in [-0.39, 0.29) is 19.2 Å². The molecule has 1 amide bonds. The molecule has 0 saturated carbocycles. The van der Waals surface area contributed by atoms with Crippen LogP contribution in [-0.2, 0) is 11.3 Å². The number of amides is 1. The topological polar surface area (TPSA) is 95.2 Å². The third-order valence-electron chi connectivity index (χ3n) is 5.09. The van der Waals surface area contributed by atoms with E-state index in [1.165, 1.54) is 18.2 Å². The molecule has 4 rings (SSSR count). The van der Waals surface area contributed by atoms with Crippen LogP contribution in [-0.4, -0.2) is 39.5 Å². The minimum Gasteiger partial charge on any atom is -0.376 e. The second-order valence-corrected chi connectivity index (χ2v) is 7.82. The van der Waals surface area contributed by atoms with Crippen molar-refractivity contribution < 1.29 is 13.9 Å². The normalized spacial score (nSPS) is 15.6. The molecule has 1 atom stereocenters. The average molecular weight is 459 g/mol. The van der Waals surface area contributed by atoms with Gasteiger partial charge in [0, 0.05) is 18.2 Å². The van der Waals surface area contributed by atoms with E-state index in [9.17, 15) is 18.8 Å². The maximum Gasteiger partial charge on any atom is 0.352 e. The van der Waals surface area contributed by atoms with Crippen molar-refractivity contribution in [3.8, 4) is 5.69 Å². The monoisotopic (exact) mass is 458 g/mol. The van der Waals surface area contributed by atoms with Crippen molar-refractivity contribution in [1.82, 2.24) is 19.7 Å². The van der Waals surface area contributed by atoms with Crippen molar-refractivity contribution in [2.75, 3.05) is 13.2 Å². The molecule has 1 aliphatic heterocycles. The van der Waals surface area contributed by atoms with Gasteiger partial charge in [0.2, 0.25) is 5.69 Å². The van der Waals surface area contributed by atoms with Crippen molar-refractivity contribution >= 4 is 17.5 Å². The second-order valence-electron chi connectivity index (χ2n) is 7.39. The predicted octanol–water partition coefficient (Wildman–Crippen LogP) is 2.14. The zero-order chi connectivity index (χ0) is 22.7. The largest absolute Gasteiger partial charge is 0.376 e. The number of ether oxygens (including phenoxy) is 1. The molecule has 1 aliphatic rings. The summed E-state index contributed by atoms with van der Waals surface area (Å²) >= 11 is 5.93.